The molecule has 2 aromatic rings. The fourth-order valence-corrected chi connectivity index (χ4v) is 2.91. The summed E-state index contributed by atoms with van der Waals surface area (Å²) in [6.45, 7) is 9.41. The molecule has 0 saturated carbocycles. The van der Waals surface area contributed by atoms with Crippen LogP contribution >= 0.6 is 11.8 Å². The Morgan fingerprint density at radius 1 is 1.15 bits per heavy atom. The lowest BCUT2D eigenvalue weighted by Crippen LogP contribution is -2.05. The Kier molecular flexibility index (Phi) is 5.01. The summed E-state index contributed by atoms with van der Waals surface area (Å²) in [5.74, 6) is 0.939. The minimum Gasteiger partial charge on any atom is -0.370 e. The summed E-state index contributed by atoms with van der Waals surface area (Å²) in [7, 11) is 0. The zero-order valence-corrected chi connectivity index (χ0v) is 13.3. The number of benzene rings is 1. The standard InChI is InChI=1S/C16H21N3S/c1-5-8-17-15-13(4)16(19-10-18-15)20-14-9-11(2)6-7-12(14)3/h6-7,9-10H,5,8H2,1-4H3,(H,17,18,19). The molecule has 0 aliphatic rings. The molecule has 0 saturated heterocycles. The highest BCUT2D eigenvalue weighted by molar-refractivity contribution is 7.99. The molecule has 1 aromatic carbocycles. The maximum atomic E-state index is 4.42. The Morgan fingerprint density at radius 2 is 1.95 bits per heavy atom. The van der Waals surface area contributed by atoms with Crippen molar-refractivity contribution in [3.05, 3.63) is 41.2 Å². The predicted octanol–water partition coefficient (Wildman–Crippen LogP) is 4.37. The molecule has 0 atom stereocenters. The molecule has 0 spiro atoms. The molecule has 106 valence electrons. The third-order valence-electron chi connectivity index (χ3n) is 3.13. The molecule has 0 unspecified atom stereocenters. The van der Waals surface area contributed by atoms with Crippen molar-refractivity contribution in [1.29, 1.82) is 0 Å². The smallest absolute Gasteiger partial charge is 0.133 e. The van der Waals surface area contributed by atoms with Gasteiger partial charge in [0.15, 0.2) is 0 Å². The first-order chi connectivity index (χ1) is 9.61. The van der Waals surface area contributed by atoms with E-state index in [9.17, 15) is 0 Å². The molecular formula is C16H21N3S. The van der Waals surface area contributed by atoms with E-state index in [0.29, 0.717) is 0 Å². The zero-order chi connectivity index (χ0) is 14.5. The Balaban J connectivity index is 2.27. The minimum absolute atomic E-state index is 0.936. The van der Waals surface area contributed by atoms with E-state index in [1.54, 1.807) is 18.1 Å². The van der Waals surface area contributed by atoms with Crippen LogP contribution in [0.25, 0.3) is 0 Å². The molecule has 0 amide bonds. The first-order valence-electron chi connectivity index (χ1n) is 6.92. The second-order valence-electron chi connectivity index (χ2n) is 4.95. The number of rotatable bonds is 5. The van der Waals surface area contributed by atoms with Gasteiger partial charge in [-0.3, -0.25) is 0 Å². The van der Waals surface area contributed by atoms with Crippen LogP contribution in [0.4, 0.5) is 5.82 Å². The van der Waals surface area contributed by atoms with E-state index in [2.05, 4.69) is 61.2 Å². The van der Waals surface area contributed by atoms with Crippen molar-refractivity contribution in [3.63, 3.8) is 0 Å². The molecule has 20 heavy (non-hydrogen) atoms. The van der Waals surface area contributed by atoms with Crippen LogP contribution in [0.15, 0.2) is 34.4 Å². The summed E-state index contributed by atoms with van der Waals surface area (Å²) >= 11 is 1.71. The summed E-state index contributed by atoms with van der Waals surface area (Å²) in [4.78, 5) is 10.0. The van der Waals surface area contributed by atoms with Gasteiger partial charge >= 0.3 is 0 Å². The van der Waals surface area contributed by atoms with Gasteiger partial charge < -0.3 is 5.32 Å². The summed E-state index contributed by atoms with van der Waals surface area (Å²) in [6.07, 6.45) is 2.72. The second kappa shape index (κ2) is 6.75. The molecule has 0 bridgehead atoms. The van der Waals surface area contributed by atoms with Gasteiger partial charge in [-0.05, 0) is 44.4 Å². The van der Waals surface area contributed by atoms with Crippen LogP contribution in [0.5, 0.6) is 0 Å². The zero-order valence-electron chi connectivity index (χ0n) is 12.5. The monoisotopic (exact) mass is 287 g/mol. The van der Waals surface area contributed by atoms with Crippen LogP contribution in [-0.2, 0) is 0 Å². The number of hydrogen-bond donors (Lipinski definition) is 1. The highest BCUT2D eigenvalue weighted by atomic mass is 32.2. The number of nitrogens with zero attached hydrogens (tertiary/aromatic N) is 2. The molecule has 0 fully saturated rings. The Hall–Kier alpha value is -1.55. The van der Waals surface area contributed by atoms with Gasteiger partial charge in [-0.15, -0.1) is 0 Å². The molecule has 1 heterocycles. The second-order valence-corrected chi connectivity index (χ2v) is 5.98. The van der Waals surface area contributed by atoms with Gasteiger partial charge in [-0.2, -0.15) is 0 Å². The third kappa shape index (κ3) is 3.51. The number of nitrogens with one attached hydrogen (secondary N) is 1. The average Bonchev–Trinajstić information content (AvgIpc) is 2.44. The summed E-state index contributed by atoms with van der Waals surface area (Å²) in [5, 5.41) is 4.37. The fourth-order valence-electron chi connectivity index (χ4n) is 1.88. The molecule has 0 aliphatic carbocycles. The molecular weight excluding hydrogens is 266 g/mol. The molecule has 2 rings (SSSR count). The van der Waals surface area contributed by atoms with E-state index in [4.69, 9.17) is 0 Å². The van der Waals surface area contributed by atoms with Crippen molar-refractivity contribution in [1.82, 2.24) is 9.97 Å². The van der Waals surface area contributed by atoms with Crippen molar-refractivity contribution in [2.24, 2.45) is 0 Å². The summed E-state index contributed by atoms with van der Waals surface area (Å²) in [5.41, 5.74) is 3.67. The van der Waals surface area contributed by atoms with E-state index in [1.807, 2.05) is 0 Å². The van der Waals surface area contributed by atoms with Crippen LogP contribution in [0.2, 0.25) is 0 Å². The average molecular weight is 287 g/mol. The van der Waals surface area contributed by atoms with Crippen LogP contribution in [0.1, 0.15) is 30.0 Å². The van der Waals surface area contributed by atoms with Gasteiger partial charge in [-0.1, -0.05) is 30.8 Å². The topological polar surface area (TPSA) is 37.8 Å². The molecule has 3 nitrogen and oxygen atoms in total. The van der Waals surface area contributed by atoms with Gasteiger partial charge in [0.2, 0.25) is 0 Å². The van der Waals surface area contributed by atoms with Crippen LogP contribution in [-0.4, -0.2) is 16.5 Å². The maximum Gasteiger partial charge on any atom is 0.133 e. The van der Waals surface area contributed by atoms with Gasteiger partial charge in [0.05, 0.1) is 0 Å². The van der Waals surface area contributed by atoms with Gasteiger partial charge in [-0.25, -0.2) is 9.97 Å². The van der Waals surface area contributed by atoms with Crippen molar-refractivity contribution in [2.45, 2.75) is 44.0 Å². The van der Waals surface area contributed by atoms with Crippen molar-refractivity contribution in [2.75, 3.05) is 11.9 Å². The Morgan fingerprint density at radius 3 is 2.70 bits per heavy atom. The number of hydrogen-bond acceptors (Lipinski definition) is 4. The molecule has 0 aliphatic heterocycles. The molecule has 0 radical (unpaired) electrons. The molecule has 1 N–H and O–H groups in total. The number of anilines is 1. The lowest BCUT2D eigenvalue weighted by molar-refractivity contribution is 0.938. The van der Waals surface area contributed by atoms with Gasteiger partial charge in [0.25, 0.3) is 0 Å². The lowest BCUT2D eigenvalue weighted by atomic mass is 10.2. The fraction of sp³-hybridized carbons (Fsp3) is 0.375. The highest BCUT2D eigenvalue weighted by Gasteiger charge is 2.09. The highest BCUT2D eigenvalue weighted by Crippen LogP contribution is 2.33. The third-order valence-corrected chi connectivity index (χ3v) is 4.40. The van der Waals surface area contributed by atoms with Crippen LogP contribution < -0.4 is 5.32 Å². The minimum atomic E-state index is 0.936. The largest absolute Gasteiger partial charge is 0.370 e. The Labute approximate surface area is 125 Å². The van der Waals surface area contributed by atoms with Gasteiger partial charge in [0, 0.05) is 17.0 Å². The SMILES string of the molecule is CCCNc1ncnc(Sc2cc(C)ccc2C)c1C. The van der Waals surface area contributed by atoms with E-state index in [0.717, 1.165) is 29.4 Å². The van der Waals surface area contributed by atoms with E-state index in [-0.39, 0.29) is 0 Å². The van der Waals surface area contributed by atoms with Crippen LogP contribution in [0, 0.1) is 20.8 Å². The van der Waals surface area contributed by atoms with Crippen molar-refractivity contribution < 1.29 is 0 Å². The molecule has 1 aromatic heterocycles. The van der Waals surface area contributed by atoms with E-state index in [1.165, 1.54) is 16.0 Å². The van der Waals surface area contributed by atoms with E-state index >= 15 is 0 Å². The Bertz CT molecular complexity index is 596. The lowest BCUT2D eigenvalue weighted by Gasteiger charge is -2.11. The summed E-state index contributed by atoms with van der Waals surface area (Å²) in [6, 6.07) is 6.51. The quantitative estimate of drug-likeness (QED) is 0.828. The van der Waals surface area contributed by atoms with Crippen LogP contribution in [0.3, 0.4) is 0 Å². The first kappa shape index (κ1) is 14.9. The van der Waals surface area contributed by atoms with Crippen molar-refractivity contribution >= 4 is 17.6 Å². The van der Waals surface area contributed by atoms with Crippen molar-refractivity contribution in [3.8, 4) is 0 Å². The summed E-state index contributed by atoms with van der Waals surface area (Å²) < 4.78 is 0. The first-order valence-corrected chi connectivity index (χ1v) is 7.74. The maximum absolute atomic E-state index is 4.42. The normalized spacial score (nSPS) is 10.6. The number of aromatic nitrogens is 2. The van der Waals surface area contributed by atoms with E-state index < -0.39 is 0 Å². The predicted molar refractivity (Wildman–Crippen MR) is 85.6 cm³/mol. The van der Waals surface area contributed by atoms with Gasteiger partial charge in [0.1, 0.15) is 17.2 Å². The molecule has 4 heteroatoms. The number of aryl methyl sites for hydroxylation is 2.